The van der Waals surface area contributed by atoms with Gasteiger partial charge in [-0.1, -0.05) is 12.1 Å². The average Bonchev–Trinajstić information content (AvgIpc) is 2.15. The predicted molar refractivity (Wildman–Crippen MR) is 47.5 cm³/mol. The van der Waals surface area contributed by atoms with E-state index in [2.05, 4.69) is 6.92 Å². The van der Waals surface area contributed by atoms with Crippen molar-refractivity contribution in [3.8, 4) is 0 Å². The second kappa shape index (κ2) is 3.94. The highest BCUT2D eigenvalue weighted by molar-refractivity contribution is 5.46. The van der Waals surface area contributed by atoms with Crippen LogP contribution in [0.15, 0.2) is 18.2 Å². The Morgan fingerprint density at radius 3 is 2.12 bits per heavy atom. The average molecular weight is 254 g/mol. The standard InChI is InChI=1S/C9H5F5NO2/c1-5-2-3-6(4-7(5)15(16)17)8(10,11)9(12,13)14/h2-4H,1H2. The Balaban J connectivity index is 3.35. The SMILES string of the molecule is [CH2]c1ccc(C(F)(F)C(F)(F)F)cc1[N+](=O)[O-]. The number of rotatable bonds is 2. The van der Waals surface area contributed by atoms with E-state index in [1.54, 1.807) is 0 Å². The van der Waals surface area contributed by atoms with Crippen LogP contribution < -0.4 is 0 Å². The van der Waals surface area contributed by atoms with Crippen LogP contribution in [-0.2, 0) is 5.92 Å². The van der Waals surface area contributed by atoms with Crippen LogP contribution >= 0.6 is 0 Å². The summed E-state index contributed by atoms with van der Waals surface area (Å²) >= 11 is 0. The molecule has 0 aliphatic carbocycles. The van der Waals surface area contributed by atoms with Crippen molar-refractivity contribution in [2.24, 2.45) is 0 Å². The minimum atomic E-state index is -5.80. The molecule has 8 heteroatoms. The Hall–Kier alpha value is -1.73. The number of nitrogens with zero attached hydrogens (tertiary/aromatic N) is 1. The minimum absolute atomic E-state index is 0.176. The fourth-order valence-corrected chi connectivity index (χ4v) is 1.09. The molecule has 0 amide bonds. The van der Waals surface area contributed by atoms with Crippen LogP contribution in [-0.4, -0.2) is 11.1 Å². The molecule has 0 saturated heterocycles. The van der Waals surface area contributed by atoms with Gasteiger partial charge in [-0.25, -0.2) is 0 Å². The molecular formula is C9H5F5NO2. The Bertz CT molecular complexity index is 455. The predicted octanol–water partition coefficient (Wildman–Crippen LogP) is 3.43. The van der Waals surface area contributed by atoms with Crippen molar-refractivity contribution in [1.82, 2.24) is 0 Å². The number of hydrogen-bond acceptors (Lipinski definition) is 2. The van der Waals surface area contributed by atoms with Gasteiger partial charge >= 0.3 is 12.1 Å². The van der Waals surface area contributed by atoms with Crippen LogP contribution in [0.3, 0.4) is 0 Å². The second-order valence-electron chi connectivity index (χ2n) is 3.17. The van der Waals surface area contributed by atoms with Gasteiger partial charge in [0.05, 0.1) is 4.92 Å². The van der Waals surface area contributed by atoms with Gasteiger partial charge in [-0.15, -0.1) is 0 Å². The van der Waals surface area contributed by atoms with Gasteiger partial charge in [0.1, 0.15) is 0 Å². The van der Waals surface area contributed by atoms with E-state index in [4.69, 9.17) is 0 Å². The van der Waals surface area contributed by atoms with Crippen molar-refractivity contribution in [3.63, 3.8) is 0 Å². The van der Waals surface area contributed by atoms with Crippen molar-refractivity contribution >= 4 is 5.69 Å². The molecular weight excluding hydrogens is 249 g/mol. The van der Waals surface area contributed by atoms with E-state index in [-0.39, 0.29) is 11.6 Å². The van der Waals surface area contributed by atoms with Crippen molar-refractivity contribution < 1.29 is 26.9 Å². The lowest BCUT2D eigenvalue weighted by Gasteiger charge is -2.19. The zero-order valence-electron chi connectivity index (χ0n) is 8.09. The Kier molecular flexibility index (Phi) is 3.09. The molecule has 0 atom stereocenters. The number of benzene rings is 1. The van der Waals surface area contributed by atoms with Crippen molar-refractivity contribution in [3.05, 3.63) is 46.4 Å². The van der Waals surface area contributed by atoms with Crippen LogP contribution in [0.5, 0.6) is 0 Å². The van der Waals surface area contributed by atoms with E-state index >= 15 is 0 Å². The maximum Gasteiger partial charge on any atom is 0.458 e. The molecule has 0 aliphatic rings. The molecule has 0 unspecified atom stereocenters. The number of hydrogen-bond donors (Lipinski definition) is 0. The van der Waals surface area contributed by atoms with Gasteiger partial charge in [-0.3, -0.25) is 10.1 Å². The van der Waals surface area contributed by atoms with Gasteiger partial charge in [0, 0.05) is 17.2 Å². The van der Waals surface area contributed by atoms with Gasteiger partial charge in [0.2, 0.25) is 0 Å². The quantitative estimate of drug-likeness (QED) is 0.461. The second-order valence-corrected chi connectivity index (χ2v) is 3.17. The van der Waals surface area contributed by atoms with E-state index in [9.17, 15) is 32.1 Å². The monoisotopic (exact) mass is 254 g/mol. The summed E-state index contributed by atoms with van der Waals surface area (Å²) in [6.45, 7) is 3.16. The highest BCUT2D eigenvalue weighted by atomic mass is 19.4. The summed E-state index contributed by atoms with van der Waals surface area (Å²) < 4.78 is 61.8. The third-order valence-electron chi connectivity index (χ3n) is 2.00. The minimum Gasteiger partial charge on any atom is -0.258 e. The van der Waals surface area contributed by atoms with Crippen molar-refractivity contribution in [1.29, 1.82) is 0 Å². The van der Waals surface area contributed by atoms with Crippen LogP contribution in [0.1, 0.15) is 11.1 Å². The Labute approximate surface area is 92.0 Å². The maximum absolute atomic E-state index is 12.9. The fourth-order valence-electron chi connectivity index (χ4n) is 1.09. The van der Waals surface area contributed by atoms with Crippen molar-refractivity contribution in [2.75, 3.05) is 0 Å². The topological polar surface area (TPSA) is 43.1 Å². The zero-order chi connectivity index (χ0) is 13.4. The van der Waals surface area contributed by atoms with E-state index in [1.165, 1.54) is 0 Å². The van der Waals surface area contributed by atoms with Gasteiger partial charge in [0.25, 0.3) is 5.69 Å². The Morgan fingerprint density at radius 1 is 1.18 bits per heavy atom. The summed E-state index contributed by atoms with van der Waals surface area (Å²) in [6.07, 6.45) is -5.80. The summed E-state index contributed by atoms with van der Waals surface area (Å²) in [7, 11) is 0. The summed E-state index contributed by atoms with van der Waals surface area (Å²) in [4.78, 5) is 9.32. The molecule has 0 N–H and O–H groups in total. The van der Waals surface area contributed by atoms with Gasteiger partial charge < -0.3 is 0 Å². The van der Waals surface area contributed by atoms with Gasteiger partial charge in [-0.2, -0.15) is 22.0 Å². The maximum atomic E-state index is 12.9. The molecule has 0 aromatic heterocycles. The molecule has 0 saturated carbocycles. The van der Waals surface area contributed by atoms with E-state index < -0.39 is 28.3 Å². The lowest BCUT2D eigenvalue weighted by Crippen LogP contribution is -2.33. The number of nitro benzene ring substituents is 1. The van der Waals surface area contributed by atoms with Crippen LogP contribution in [0, 0.1) is 17.0 Å². The molecule has 1 aromatic carbocycles. The number of nitro groups is 1. The zero-order valence-corrected chi connectivity index (χ0v) is 8.09. The molecule has 1 radical (unpaired) electrons. The molecule has 0 spiro atoms. The number of halogens is 5. The van der Waals surface area contributed by atoms with Gasteiger partial charge in [0.15, 0.2) is 0 Å². The first-order valence-corrected chi connectivity index (χ1v) is 4.13. The first kappa shape index (κ1) is 13.3. The van der Waals surface area contributed by atoms with E-state index in [0.717, 1.165) is 6.07 Å². The van der Waals surface area contributed by atoms with Crippen LogP contribution in [0.4, 0.5) is 27.6 Å². The van der Waals surface area contributed by atoms with Gasteiger partial charge in [-0.05, 0) is 6.92 Å². The smallest absolute Gasteiger partial charge is 0.258 e. The third kappa shape index (κ3) is 2.34. The van der Waals surface area contributed by atoms with E-state index in [0.29, 0.717) is 6.07 Å². The lowest BCUT2D eigenvalue weighted by atomic mass is 10.0. The molecule has 17 heavy (non-hydrogen) atoms. The molecule has 93 valence electrons. The summed E-state index contributed by atoms with van der Waals surface area (Å²) in [5.41, 5.74) is -2.60. The van der Waals surface area contributed by atoms with E-state index in [1.807, 2.05) is 0 Å². The van der Waals surface area contributed by atoms with Crippen LogP contribution in [0.2, 0.25) is 0 Å². The van der Waals surface area contributed by atoms with Crippen molar-refractivity contribution in [2.45, 2.75) is 12.1 Å². The largest absolute Gasteiger partial charge is 0.458 e. The van der Waals surface area contributed by atoms with Crippen LogP contribution in [0.25, 0.3) is 0 Å². The lowest BCUT2D eigenvalue weighted by molar-refractivity contribution is -0.385. The summed E-state index contributed by atoms with van der Waals surface area (Å²) in [6, 6.07) is 1.38. The summed E-state index contributed by atoms with van der Waals surface area (Å²) in [5, 5.41) is 10.4. The molecule has 0 fully saturated rings. The normalized spacial score (nSPS) is 12.6. The first-order chi connectivity index (χ1) is 7.57. The molecule has 3 nitrogen and oxygen atoms in total. The highest BCUT2D eigenvalue weighted by Gasteiger charge is 2.59. The fraction of sp³-hybridized carbons (Fsp3) is 0.222. The molecule has 0 aliphatic heterocycles. The number of alkyl halides is 5. The summed E-state index contributed by atoms with van der Waals surface area (Å²) in [5.74, 6) is -5.13. The highest BCUT2D eigenvalue weighted by Crippen LogP contribution is 2.44. The first-order valence-electron chi connectivity index (χ1n) is 4.13. The molecule has 0 heterocycles. The Morgan fingerprint density at radius 2 is 1.71 bits per heavy atom. The molecule has 1 rings (SSSR count). The molecule has 1 aromatic rings. The molecule has 0 bridgehead atoms. The third-order valence-corrected chi connectivity index (χ3v) is 2.00.